The molecular weight excluding hydrogens is 196 g/mol. The molecule has 0 heterocycles. The molecule has 76 valence electrons. The Hall–Kier alpha value is -0.290. The van der Waals surface area contributed by atoms with Crippen LogP contribution >= 0.6 is 0 Å². The molecule has 0 spiro atoms. The van der Waals surface area contributed by atoms with Crippen molar-refractivity contribution in [3.63, 3.8) is 0 Å². The van der Waals surface area contributed by atoms with Crippen LogP contribution in [0.1, 0.15) is 0 Å². The van der Waals surface area contributed by atoms with Gasteiger partial charge in [0, 0.05) is 0 Å². The minimum Gasteiger partial charge on any atom is -0.394 e. The second kappa shape index (κ2) is 7.36. The maximum absolute atomic E-state index is 8.74. The largest absolute Gasteiger partial charge is 0.394 e. The quantitative estimate of drug-likeness (QED) is 0.206. The molecule has 0 saturated heterocycles. The van der Waals surface area contributed by atoms with Crippen molar-refractivity contribution in [2.24, 2.45) is 0 Å². The average molecular weight is 206 g/mol. The summed E-state index contributed by atoms with van der Waals surface area (Å²) in [7, 11) is -4.67. The molecule has 0 aliphatic carbocycles. The van der Waals surface area contributed by atoms with Crippen molar-refractivity contribution >= 4 is 10.4 Å². The van der Waals surface area contributed by atoms with E-state index in [1.165, 1.54) is 0 Å². The van der Waals surface area contributed by atoms with Crippen LogP contribution in [0.3, 0.4) is 0 Å². The van der Waals surface area contributed by atoms with Crippen LogP contribution < -0.4 is 0 Å². The highest BCUT2D eigenvalue weighted by Crippen LogP contribution is 1.77. The zero-order valence-electron chi connectivity index (χ0n) is 5.86. The standard InChI is InChI=1S/C3H8O4.H2O4S/c4-1-3(5)2-7-6;1-5(2,3)4/h3-6H,1-2H2;(H2,1,2,3,4). The van der Waals surface area contributed by atoms with Gasteiger partial charge in [-0.3, -0.25) is 14.4 Å². The summed E-state index contributed by atoms with van der Waals surface area (Å²) in [5.74, 6) is 0. The third kappa shape index (κ3) is 33.2. The molecule has 0 fully saturated rings. The molecule has 1 atom stereocenters. The normalized spacial score (nSPS) is 13.1. The van der Waals surface area contributed by atoms with Gasteiger partial charge in [-0.05, 0) is 0 Å². The molecule has 0 bridgehead atoms. The van der Waals surface area contributed by atoms with Gasteiger partial charge in [0.1, 0.15) is 12.7 Å². The molecule has 9 heteroatoms. The van der Waals surface area contributed by atoms with Crippen molar-refractivity contribution in [2.45, 2.75) is 6.10 Å². The monoisotopic (exact) mass is 206 g/mol. The Balaban J connectivity index is 0. The second-order valence-corrected chi connectivity index (χ2v) is 2.48. The van der Waals surface area contributed by atoms with Crippen molar-refractivity contribution in [1.82, 2.24) is 0 Å². The molecule has 0 aromatic rings. The van der Waals surface area contributed by atoms with E-state index < -0.39 is 16.5 Å². The third-order valence-electron chi connectivity index (χ3n) is 0.478. The minimum atomic E-state index is -4.67. The van der Waals surface area contributed by atoms with E-state index in [0.717, 1.165) is 0 Å². The van der Waals surface area contributed by atoms with Gasteiger partial charge in [0.15, 0.2) is 0 Å². The number of hydrogen-bond donors (Lipinski definition) is 5. The molecule has 0 amide bonds. The predicted octanol–water partition coefficient (Wildman–Crippen LogP) is -1.82. The number of rotatable bonds is 3. The molecule has 5 N–H and O–H groups in total. The van der Waals surface area contributed by atoms with E-state index >= 15 is 0 Å². The molecule has 0 aliphatic heterocycles. The van der Waals surface area contributed by atoms with Gasteiger partial charge in [-0.25, -0.2) is 4.89 Å². The average Bonchev–Trinajstić information content (AvgIpc) is 1.85. The minimum absolute atomic E-state index is 0.240. The molecule has 0 aliphatic rings. The first-order valence-corrected chi connectivity index (χ1v) is 3.96. The van der Waals surface area contributed by atoms with Crippen LogP contribution in [0.15, 0.2) is 0 Å². The number of aliphatic hydroxyl groups excluding tert-OH is 2. The maximum Gasteiger partial charge on any atom is 0.394 e. The van der Waals surface area contributed by atoms with Crippen LogP contribution in [0, 0.1) is 0 Å². The van der Waals surface area contributed by atoms with Crippen molar-refractivity contribution in [3.05, 3.63) is 0 Å². The molecule has 1 unspecified atom stereocenters. The first kappa shape index (κ1) is 14.2. The fourth-order valence-corrected chi connectivity index (χ4v) is 0.139. The summed E-state index contributed by atoms with van der Waals surface area (Å²) in [5.41, 5.74) is 0. The maximum atomic E-state index is 8.74. The number of hydrogen-bond acceptors (Lipinski definition) is 6. The fourth-order valence-electron chi connectivity index (χ4n) is 0.139. The van der Waals surface area contributed by atoms with Gasteiger partial charge in [0.25, 0.3) is 0 Å². The summed E-state index contributed by atoms with van der Waals surface area (Å²) >= 11 is 0. The van der Waals surface area contributed by atoms with Crippen LogP contribution in [0.4, 0.5) is 0 Å². The van der Waals surface area contributed by atoms with Gasteiger partial charge in [-0.15, -0.1) is 0 Å². The predicted molar refractivity (Wildman–Crippen MR) is 35.9 cm³/mol. The zero-order valence-corrected chi connectivity index (χ0v) is 6.68. The van der Waals surface area contributed by atoms with Crippen molar-refractivity contribution in [3.8, 4) is 0 Å². The third-order valence-corrected chi connectivity index (χ3v) is 0.478. The van der Waals surface area contributed by atoms with E-state index in [1.54, 1.807) is 0 Å². The lowest BCUT2D eigenvalue weighted by Crippen LogP contribution is -2.17. The first-order chi connectivity index (χ1) is 5.31. The Labute approximate surface area is 68.5 Å². The Morgan fingerprint density at radius 1 is 1.33 bits per heavy atom. The molecule has 0 aromatic carbocycles. The highest BCUT2D eigenvalue weighted by molar-refractivity contribution is 7.79. The van der Waals surface area contributed by atoms with Crippen LogP contribution in [0.25, 0.3) is 0 Å². The summed E-state index contributed by atoms with van der Waals surface area (Å²) in [6, 6.07) is 0. The summed E-state index contributed by atoms with van der Waals surface area (Å²) < 4.78 is 31.6. The second-order valence-electron chi connectivity index (χ2n) is 1.58. The lowest BCUT2D eigenvalue weighted by Gasteiger charge is -2.00. The highest BCUT2D eigenvalue weighted by Gasteiger charge is 1.98. The van der Waals surface area contributed by atoms with E-state index in [9.17, 15) is 0 Å². The molecule has 12 heavy (non-hydrogen) atoms. The van der Waals surface area contributed by atoms with Crippen LogP contribution in [0.5, 0.6) is 0 Å². The van der Waals surface area contributed by atoms with Gasteiger partial charge in [0.2, 0.25) is 0 Å². The molecule has 0 rings (SSSR count). The molecular formula is C3H10O8S. The molecule has 0 saturated carbocycles. The van der Waals surface area contributed by atoms with E-state index in [0.29, 0.717) is 0 Å². The van der Waals surface area contributed by atoms with Crippen LogP contribution in [-0.2, 0) is 15.3 Å². The summed E-state index contributed by atoms with van der Waals surface area (Å²) in [6.45, 7) is -0.628. The van der Waals surface area contributed by atoms with E-state index in [4.69, 9.17) is 33.0 Å². The van der Waals surface area contributed by atoms with Gasteiger partial charge >= 0.3 is 10.4 Å². The Morgan fingerprint density at radius 3 is 1.75 bits per heavy atom. The van der Waals surface area contributed by atoms with Gasteiger partial charge < -0.3 is 10.2 Å². The smallest absolute Gasteiger partial charge is 0.394 e. The Morgan fingerprint density at radius 2 is 1.67 bits per heavy atom. The lowest BCUT2D eigenvalue weighted by atomic mass is 10.4. The number of aliphatic hydroxyl groups is 2. The molecule has 0 aromatic heterocycles. The Kier molecular flexibility index (Phi) is 8.74. The molecule has 0 radical (unpaired) electrons. The lowest BCUT2D eigenvalue weighted by molar-refractivity contribution is -0.258. The summed E-state index contributed by atoms with van der Waals surface area (Å²) in [6.07, 6.45) is -0.968. The SMILES string of the molecule is O=S(=O)(O)O.OCC(O)COO. The Bertz CT molecular complexity index is 165. The highest BCUT2D eigenvalue weighted by atomic mass is 32.3. The van der Waals surface area contributed by atoms with Crippen molar-refractivity contribution in [1.29, 1.82) is 0 Å². The van der Waals surface area contributed by atoms with E-state index in [1.807, 2.05) is 0 Å². The summed E-state index contributed by atoms with van der Waals surface area (Å²) in [5, 5.41) is 23.9. The molecule has 8 nitrogen and oxygen atoms in total. The van der Waals surface area contributed by atoms with E-state index in [-0.39, 0.29) is 13.2 Å². The zero-order chi connectivity index (χ0) is 10.2. The summed E-state index contributed by atoms with van der Waals surface area (Å²) in [4.78, 5) is 3.48. The van der Waals surface area contributed by atoms with Crippen molar-refractivity contribution < 1.29 is 37.9 Å². The van der Waals surface area contributed by atoms with Gasteiger partial charge in [0.05, 0.1) is 6.61 Å². The van der Waals surface area contributed by atoms with Crippen molar-refractivity contribution in [2.75, 3.05) is 13.2 Å². The van der Waals surface area contributed by atoms with E-state index in [2.05, 4.69) is 4.89 Å². The van der Waals surface area contributed by atoms with Crippen LogP contribution in [-0.4, -0.2) is 52.3 Å². The van der Waals surface area contributed by atoms with Crippen LogP contribution in [0.2, 0.25) is 0 Å². The topological polar surface area (TPSA) is 145 Å². The first-order valence-electron chi connectivity index (χ1n) is 2.56. The van der Waals surface area contributed by atoms with Gasteiger partial charge in [-0.2, -0.15) is 8.42 Å². The van der Waals surface area contributed by atoms with Gasteiger partial charge in [-0.1, -0.05) is 0 Å². The fraction of sp³-hybridized carbons (Fsp3) is 1.00.